The summed E-state index contributed by atoms with van der Waals surface area (Å²) in [7, 11) is 1.40. The number of carbonyl (C=O) groups is 2. The van der Waals surface area contributed by atoms with Crippen LogP contribution in [-0.2, 0) is 27.3 Å². The number of hydrogen-bond acceptors (Lipinski definition) is 6. The molecule has 0 saturated carbocycles. The Morgan fingerprint density at radius 1 is 1.18 bits per heavy atom. The maximum absolute atomic E-state index is 12.6. The predicted octanol–water partition coefficient (Wildman–Crippen LogP) is 5.07. The van der Waals surface area contributed by atoms with Crippen molar-refractivity contribution >= 4 is 23.5 Å². The number of nitrogens with zero attached hydrogens (tertiary/aromatic N) is 1. The summed E-state index contributed by atoms with van der Waals surface area (Å²) in [5.74, 6) is 2.67. The number of thioether (sulfide) groups is 1. The Kier molecular flexibility index (Phi) is 7.18. The van der Waals surface area contributed by atoms with E-state index in [0.717, 1.165) is 40.8 Å². The lowest BCUT2D eigenvalue weighted by Gasteiger charge is -2.32. The maximum Gasteiger partial charge on any atom is 0.306 e. The molecule has 6 nitrogen and oxygen atoms in total. The van der Waals surface area contributed by atoms with Crippen molar-refractivity contribution in [3.63, 3.8) is 0 Å². The van der Waals surface area contributed by atoms with Crippen molar-refractivity contribution in [1.29, 1.82) is 0 Å². The largest absolute Gasteiger partial charge is 0.475 e. The number of esters is 1. The van der Waals surface area contributed by atoms with Gasteiger partial charge >= 0.3 is 5.97 Å². The topological polar surface area (TPSA) is 81.3 Å². The van der Waals surface area contributed by atoms with E-state index in [1.807, 2.05) is 49.4 Å². The summed E-state index contributed by atoms with van der Waals surface area (Å²) in [5, 5.41) is 0. The van der Waals surface area contributed by atoms with E-state index in [9.17, 15) is 9.59 Å². The number of hydrogen-bond donors (Lipinski definition) is 1. The van der Waals surface area contributed by atoms with E-state index in [-0.39, 0.29) is 11.8 Å². The van der Waals surface area contributed by atoms with Gasteiger partial charge in [-0.2, -0.15) is 11.8 Å². The van der Waals surface area contributed by atoms with Crippen molar-refractivity contribution in [3.8, 4) is 5.75 Å². The van der Waals surface area contributed by atoms with Crippen molar-refractivity contribution in [1.82, 2.24) is 9.97 Å². The summed E-state index contributed by atoms with van der Waals surface area (Å²) in [6.45, 7) is 2.00. The predicted molar refractivity (Wildman–Crippen MR) is 129 cm³/mol. The third kappa shape index (κ3) is 4.98. The Labute approximate surface area is 198 Å². The molecule has 0 fully saturated rings. The molecular formula is C26H28N2O4S. The quantitative estimate of drug-likeness (QED) is 0.352. The van der Waals surface area contributed by atoms with Crippen molar-refractivity contribution in [3.05, 3.63) is 82.9 Å². The van der Waals surface area contributed by atoms with Crippen LogP contribution in [0.3, 0.4) is 0 Å². The molecule has 7 heteroatoms. The smallest absolute Gasteiger partial charge is 0.306 e. The van der Waals surface area contributed by atoms with E-state index in [4.69, 9.17) is 9.47 Å². The Bertz CT molecular complexity index is 1110. The third-order valence-corrected chi connectivity index (χ3v) is 7.02. The van der Waals surface area contributed by atoms with Crippen LogP contribution in [0.5, 0.6) is 5.75 Å². The summed E-state index contributed by atoms with van der Waals surface area (Å²) in [6.07, 6.45) is 6.11. The fraction of sp³-hybridized carbons (Fsp3) is 0.346. The van der Waals surface area contributed by atoms with E-state index >= 15 is 0 Å². The van der Waals surface area contributed by atoms with Gasteiger partial charge in [-0.05, 0) is 37.5 Å². The molecule has 1 N–H and O–H groups in total. The van der Waals surface area contributed by atoms with Crippen molar-refractivity contribution in [2.75, 3.05) is 12.9 Å². The normalized spacial score (nSPS) is 14.9. The number of Topliss-reactive ketones (excluding diaryl/α,β-unsaturated/α-hetero) is 1. The molecule has 1 aromatic heterocycles. The second kappa shape index (κ2) is 10.3. The number of H-pyrrole nitrogens is 1. The first-order chi connectivity index (χ1) is 16.0. The zero-order valence-electron chi connectivity index (χ0n) is 18.9. The number of nitrogens with one attached hydrogen (secondary N) is 1. The Hall–Kier alpha value is -3.06. The van der Waals surface area contributed by atoms with Crippen molar-refractivity contribution in [2.45, 2.75) is 44.0 Å². The van der Waals surface area contributed by atoms with Gasteiger partial charge in [-0.3, -0.25) is 9.59 Å². The molecule has 0 amide bonds. The van der Waals surface area contributed by atoms with Gasteiger partial charge in [0, 0.05) is 47.0 Å². The monoisotopic (exact) mass is 464 g/mol. The number of benzene rings is 2. The van der Waals surface area contributed by atoms with Crippen LogP contribution in [0.15, 0.2) is 54.9 Å². The zero-order chi connectivity index (χ0) is 23.3. The lowest BCUT2D eigenvalue weighted by Crippen LogP contribution is -2.33. The molecule has 3 aromatic rings. The Balaban J connectivity index is 1.71. The minimum Gasteiger partial charge on any atom is -0.475 e. The van der Waals surface area contributed by atoms with Gasteiger partial charge in [0.25, 0.3) is 0 Å². The average Bonchev–Trinajstić information content (AvgIpc) is 3.39. The molecule has 4 rings (SSSR count). The Morgan fingerprint density at radius 3 is 2.73 bits per heavy atom. The van der Waals surface area contributed by atoms with Crippen LogP contribution in [-0.4, -0.2) is 34.6 Å². The molecule has 0 aliphatic heterocycles. The second-order valence-corrected chi connectivity index (χ2v) is 9.27. The molecule has 0 spiro atoms. The van der Waals surface area contributed by atoms with Crippen LogP contribution in [0.1, 0.15) is 59.1 Å². The highest BCUT2D eigenvalue weighted by molar-refractivity contribution is 7.98. The number of imidazole rings is 1. The first kappa shape index (κ1) is 23.1. The SMILES string of the molecule is COC(=O)CCSCc1c(O[C@@](C)(c2ccccc2)c2ncc[nH]2)ccc2c1CCCC2=O. The van der Waals surface area contributed by atoms with E-state index in [2.05, 4.69) is 9.97 Å². The van der Waals surface area contributed by atoms with Crippen molar-refractivity contribution in [2.24, 2.45) is 0 Å². The average molecular weight is 465 g/mol. The molecule has 2 aromatic carbocycles. The van der Waals surface area contributed by atoms with Crippen LogP contribution < -0.4 is 4.74 Å². The summed E-state index contributed by atoms with van der Waals surface area (Å²) in [5.41, 5.74) is 2.99. The van der Waals surface area contributed by atoms with Crippen molar-refractivity contribution < 1.29 is 19.1 Å². The molecule has 1 atom stereocenters. The highest BCUT2D eigenvalue weighted by Crippen LogP contribution is 2.39. The molecule has 1 aliphatic carbocycles. The molecule has 0 bridgehead atoms. The molecule has 0 unspecified atom stereocenters. The van der Waals surface area contributed by atoms with Crippen LogP contribution >= 0.6 is 11.8 Å². The summed E-state index contributed by atoms with van der Waals surface area (Å²) in [6, 6.07) is 13.8. The summed E-state index contributed by atoms with van der Waals surface area (Å²) < 4.78 is 11.5. The lowest BCUT2D eigenvalue weighted by molar-refractivity contribution is -0.140. The van der Waals surface area contributed by atoms with Gasteiger partial charge in [0.15, 0.2) is 17.2 Å². The minimum absolute atomic E-state index is 0.181. The Morgan fingerprint density at radius 2 is 2.00 bits per heavy atom. The van der Waals surface area contributed by atoms with Gasteiger partial charge in [0.05, 0.1) is 13.5 Å². The number of ether oxygens (including phenoxy) is 2. The summed E-state index contributed by atoms with van der Waals surface area (Å²) >= 11 is 1.64. The maximum atomic E-state index is 12.6. The molecule has 1 aliphatic rings. The zero-order valence-corrected chi connectivity index (χ0v) is 19.7. The van der Waals surface area contributed by atoms with Gasteiger partial charge in [0.1, 0.15) is 5.75 Å². The fourth-order valence-electron chi connectivity index (χ4n) is 4.21. The molecule has 33 heavy (non-hydrogen) atoms. The second-order valence-electron chi connectivity index (χ2n) is 8.16. The van der Waals surface area contributed by atoms with Gasteiger partial charge in [-0.15, -0.1) is 0 Å². The van der Waals surface area contributed by atoms with Crippen LogP contribution in [0, 0.1) is 0 Å². The molecular weight excluding hydrogens is 436 g/mol. The number of carbonyl (C=O) groups excluding carboxylic acids is 2. The van der Waals surface area contributed by atoms with Gasteiger partial charge in [0.2, 0.25) is 0 Å². The number of methoxy groups -OCH3 is 1. The van der Waals surface area contributed by atoms with Crippen LogP contribution in [0.25, 0.3) is 0 Å². The third-order valence-electron chi connectivity index (χ3n) is 6.03. The molecule has 1 heterocycles. The number of aromatic nitrogens is 2. The van der Waals surface area contributed by atoms with E-state index in [1.54, 1.807) is 24.2 Å². The lowest BCUT2D eigenvalue weighted by atomic mass is 9.87. The molecule has 0 saturated heterocycles. The standard InChI is InChI=1S/C26H28N2O4S/c1-26(25-27-14-15-28-25,18-7-4-3-5-8-18)32-23-12-11-20-19(9-6-10-22(20)29)21(23)17-33-16-13-24(30)31-2/h3-5,7-8,11-12,14-15H,6,9-10,13,16-17H2,1-2H3,(H,27,28)/t26-/m0/s1. The summed E-state index contributed by atoms with van der Waals surface area (Å²) in [4.78, 5) is 31.8. The fourth-order valence-corrected chi connectivity index (χ4v) is 5.19. The highest BCUT2D eigenvalue weighted by atomic mass is 32.2. The van der Waals surface area contributed by atoms with Crippen LogP contribution in [0.2, 0.25) is 0 Å². The first-order valence-electron chi connectivity index (χ1n) is 11.1. The van der Waals surface area contributed by atoms with Gasteiger partial charge < -0.3 is 14.5 Å². The molecule has 0 radical (unpaired) electrons. The van der Waals surface area contributed by atoms with Crippen LogP contribution in [0.4, 0.5) is 0 Å². The van der Waals surface area contributed by atoms with Gasteiger partial charge in [-0.25, -0.2) is 4.98 Å². The highest BCUT2D eigenvalue weighted by Gasteiger charge is 2.35. The van der Waals surface area contributed by atoms with E-state index < -0.39 is 5.60 Å². The minimum atomic E-state index is -0.844. The number of rotatable bonds is 9. The van der Waals surface area contributed by atoms with E-state index in [1.165, 1.54) is 7.11 Å². The van der Waals surface area contributed by atoms with E-state index in [0.29, 0.717) is 30.2 Å². The number of aromatic amines is 1. The molecule has 172 valence electrons. The number of fused-ring (bicyclic) bond motifs is 1. The van der Waals surface area contributed by atoms with Gasteiger partial charge in [-0.1, -0.05) is 30.3 Å². The number of ketones is 1. The first-order valence-corrected chi connectivity index (χ1v) is 12.3.